The summed E-state index contributed by atoms with van der Waals surface area (Å²) in [6.45, 7) is 2.90. The molecule has 0 aromatic rings. The summed E-state index contributed by atoms with van der Waals surface area (Å²) in [6.07, 6.45) is 1.07. The molecule has 1 fully saturated rings. The molecule has 1 heterocycles. The SMILES string of the molecule is CCC(NCC1(O)CCOC1)C(=O)O. The van der Waals surface area contributed by atoms with Crippen LogP contribution in [0.4, 0.5) is 0 Å². The van der Waals surface area contributed by atoms with Crippen molar-refractivity contribution < 1.29 is 19.7 Å². The molecule has 82 valence electrons. The first-order chi connectivity index (χ1) is 6.57. The van der Waals surface area contributed by atoms with Gasteiger partial charge >= 0.3 is 5.97 Å². The van der Waals surface area contributed by atoms with Crippen LogP contribution in [0.5, 0.6) is 0 Å². The van der Waals surface area contributed by atoms with Gasteiger partial charge in [-0.25, -0.2) is 0 Å². The van der Waals surface area contributed by atoms with E-state index in [0.717, 1.165) is 0 Å². The average molecular weight is 203 g/mol. The Bertz CT molecular complexity index is 201. The lowest BCUT2D eigenvalue weighted by Gasteiger charge is -2.23. The molecular formula is C9H17NO4. The highest BCUT2D eigenvalue weighted by molar-refractivity contribution is 5.73. The molecule has 5 heteroatoms. The van der Waals surface area contributed by atoms with Gasteiger partial charge in [0.25, 0.3) is 0 Å². The summed E-state index contributed by atoms with van der Waals surface area (Å²) in [6, 6.07) is -0.584. The van der Waals surface area contributed by atoms with Gasteiger partial charge in [0.15, 0.2) is 0 Å². The van der Waals surface area contributed by atoms with E-state index in [-0.39, 0.29) is 13.2 Å². The van der Waals surface area contributed by atoms with Gasteiger partial charge < -0.3 is 20.3 Å². The van der Waals surface area contributed by atoms with Gasteiger partial charge in [0.1, 0.15) is 11.6 Å². The summed E-state index contributed by atoms with van der Waals surface area (Å²) < 4.78 is 5.05. The molecule has 1 rings (SSSR count). The van der Waals surface area contributed by atoms with Crippen LogP contribution in [0, 0.1) is 0 Å². The molecule has 0 aromatic carbocycles. The highest BCUT2D eigenvalue weighted by Crippen LogP contribution is 2.17. The predicted molar refractivity (Wildman–Crippen MR) is 50.1 cm³/mol. The Hall–Kier alpha value is -0.650. The molecule has 14 heavy (non-hydrogen) atoms. The number of ether oxygens (including phenoxy) is 1. The van der Waals surface area contributed by atoms with E-state index in [1.807, 2.05) is 0 Å². The van der Waals surface area contributed by atoms with Gasteiger partial charge in [-0.2, -0.15) is 0 Å². The quantitative estimate of drug-likeness (QED) is 0.566. The second-order valence-corrected chi connectivity index (χ2v) is 3.71. The molecule has 1 aliphatic rings. The monoisotopic (exact) mass is 203 g/mol. The molecule has 5 nitrogen and oxygen atoms in total. The van der Waals surface area contributed by atoms with Crippen LogP contribution in [-0.2, 0) is 9.53 Å². The van der Waals surface area contributed by atoms with Gasteiger partial charge in [0.2, 0.25) is 0 Å². The lowest BCUT2D eigenvalue weighted by molar-refractivity contribution is -0.139. The first-order valence-corrected chi connectivity index (χ1v) is 4.84. The van der Waals surface area contributed by atoms with E-state index in [1.165, 1.54) is 0 Å². The molecule has 0 radical (unpaired) electrons. The van der Waals surface area contributed by atoms with Gasteiger partial charge in [-0.15, -0.1) is 0 Å². The highest BCUT2D eigenvalue weighted by atomic mass is 16.5. The number of hydrogen-bond acceptors (Lipinski definition) is 4. The normalized spacial score (nSPS) is 29.0. The van der Waals surface area contributed by atoms with Gasteiger partial charge in [-0.1, -0.05) is 6.92 Å². The summed E-state index contributed by atoms with van der Waals surface area (Å²) in [5.74, 6) is -0.880. The Kier molecular flexibility index (Phi) is 3.86. The van der Waals surface area contributed by atoms with Crippen molar-refractivity contribution in [3.8, 4) is 0 Å². The fourth-order valence-corrected chi connectivity index (χ4v) is 1.46. The zero-order valence-corrected chi connectivity index (χ0v) is 8.32. The van der Waals surface area contributed by atoms with Crippen LogP contribution in [0.25, 0.3) is 0 Å². The third-order valence-corrected chi connectivity index (χ3v) is 2.47. The van der Waals surface area contributed by atoms with Crippen LogP contribution in [0.3, 0.4) is 0 Å². The lowest BCUT2D eigenvalue weighted by Crippen LogP contribution is -2.47. The largest absolute Gasteiger partial charge is 0.480 e. The first kappa shape index (κ1) is 11.4. The molecule has 0 spiro atoms. The lowest BCUT2D eigenvalue weighted by atomic mass is 10.0. The van der Waals surface area contributed by atoms with Crippen LogP contribution in [0.2, 0.25) is 0 Å². The van der Waals surface area contributed by atoms with Crippen molar-refractivity contribution in [2.24, 2.45) is 0 Å². The van der Waals surface area contributed by atoms with Crippen molar-refractivity contribution in [3.05, 3.63) is 0 Å². The number of carbonyl (C=O) groups is 1. The summed E-state index contributed by atoms with van der Waals surface area (Å²) in [5, 5.41) is 21.4. The summed E-state index contributed by atoms with van der Waals surface area (Å²) >= 11 is 0. The minimum atomic E-state index is -0.886. The minimum Gasteiger partial charge on any atom is -0.480 e. The van der Waals surface area contributed by atoms with Crippen molar-refractivity contribution in [1.29, 1.82) is 0 Å². The zero-order chi connectivity index (χ0) is 10.6. The topological polar surface area (TPSA) is 78.8 Å². The van der Waals surface area contributed by atoms with Crippen LogP contribution in [0.15, 0.2) is 0 Å². The summed E-state index contributed by atoms with van der Waals surface area (Å²) in [4.78, 5) is 10.7. The highest BCUT2D eigenvalue weighted by Gasteiger charge is 2.33. The van der Waals surface area contributed by atoms with E-state index in [2.05, 4.69) is 5.32 Å². The Morgan fingerprint density at radius 2 is 2.43 bits per heavy atom. The first-order valence-electron chi connectivity index (χ1n) is 4.84. The maximum atomic E-state index is 10.7. The number of aliphatic carboxylic acids is 1. The van der Waals surface area contributed by atoms with E-state index in [1.54, 1.807) is 6.92 Å². The van der Waals surface area contributed by atoms with E-state index in [0.29, 0.717) is 19.4 Å². The zero-order valence-electron chi connectivity index (χ0n) is 8.32. The second kappa shape index (κ2) is 4.72. The Morgan fingerprint density at radius 1 is 1.71 bits per heavy atom. The van der Waals surface area contributed by atoms with Gasteiger partial charge in [0, 0.05) is 19.6 Å². The molecule has 0 bridgehead atoms. The van der Waals surface area contributed by atoms with Crippen LogP contribution < -0.4 is 5.32 Å². The maximum Gasteiger partial charge on any atom is 0.320 e. The Balaban J connectivity index is 2.34. The van der Waals surface area contributed by atoms with E-state index < -0.39 is 17.6 Å². The molecule has 1 aliphatic heterocycles. The molecule has 2 unspecified atom stereocenters. The van der Waals surface area contributed by atoms with E-state index >= 15 is 0 Å². The average Bonchev–Trinajstić information content (AvgIpc) is 2.53. The standard InChI is InChI=1S/C9H17NO4/c1-2-7(8(11)12)10-5-9(13)3-4-14-6-9/h7,10,13H,2-6H2,1H3,(H,11,12). The number of nitrogens with one attached hydrogen (secondary N) is 1. The fourth-order valence-electron chi connectivity index (χ4n) is 1.46. The molecule has 0 saturated carbocycles. The Labute approximate surface area is 83.1 Å². The molecule has 2 atom stereocenters. The van der Waals surface area contributed by atoms with Gasteiger partial charge in [-0.05, 0) is 6.42 Å². The molecule has 0 aliphatic carbocycles. The number of hydrogen-bond donors (Lipinski definition) is 3. The van der Waals surface area contributed by atoms with E-state index in [4.69, 9.17) is 9.84 Å². The second-order valence-electron chi connectivity index (χ2n) is 3.71. The van der Waals surface area contributed by atoms with Gasteiger partial charge in [-0.3, -0.25) is 4.79 Å². The predicted octanol–water partition coefficient (Wildman–Crippen LogP) is -0.409. The summed E-state index contributed by atoms with van der Waals surface area (Å²) in [5.41, 5.74) is -0.886. The third-order valence-electron chi connectivity index (χ3n) is 2.47. The summed E-state index contributed by atoms with van der Waals surface area (Å²) in [7, 11) is 0. The van der Waals surface area contributed by atoms with Crippen molar-refractivity contribution in [1.82, 2.24) is 5.32 Å². The molecule has 1 saturated heterocycles. The Morgan fingerprint density at radius 3 is 2.86 bits per heavy atom. The van der Waals surface area contributed by atoms with Crippen molar-refractivity contribution in [2.75, 3.05) is 19.8 Å². The van der Waals surface area contributed by atoms with E-state index in [9.17, 15) is 9.90 Å². The molecule has 3 N–H and O–H groups in total. The van der Waals surface area contributed by atoms with Crippen molar-refractivity contribution in [3.63, 3.8) is 0 Å². The van der Waals surface area contributed by atoms with Crippen LogP contribution in [-0.4, -0.2) is 47.6 Å². The van der Waals surface area contributed by atoms with Gasteiger partial charge in [0.05, 0.1) is 6.61 Å². The minimum absolute atomic E-state index is 0.276. The molecule has 0 aromatic heterocycles. The van der Waals surface area contributed by atoms with Crippen LogP contribution in [0.1, 0.15) is 19.8 Å². The number of carboxylic acid groups (broad SMARTS) is 1. The van der Waals surface area contributed by atoms with Crippen molar-refractivity contribution in [2.45, 2.75) is 31.4 Å². The number of aliphatic hydroxyl groups is 1. The smallest absolute Gasteiger partial charge is 0.320 e. The number of carboxylic acids is 1. The molecule has 0 amide bonds. The van der Waals surface area contributed by atoms with Crippen molar-refractivity contribution >= 4 is 5.97 Å². The number of rotatable bonds is 5. The maximum absolute atomic E-state index is 10.7. The van der Waals surface area contributed by atoms with Crippen LogP contribution >= 0.6 is 0 Å². The third kappa shape index (κ3) is 2.94. The fraction of sp³-hybridized carbons (Fsp3) is 0.889. The molecular weight excluding hydrogens is 186 g/mol.